The molecule has 0 aliphatic heterocycles. The van der Waals surface area contributed by atoms with E-state index in [-0.39, 0.29) is 0 Å². The average molecular weight is 442 g/mol. The molecule has 5 heteroatoms. The number of halogens is 1. The van der Waals surface area contributed by atoms with Crippen molar-refractivity contribution in [1.82, 2.24) is 9.29 Å². The summed E-state index contributed by atoms with van der Waals surface area (Å²) in [6.45, 7) is 9.58. The molecule has 0 saturated carbocycles. The number of aromatic nitrogens is 1. The number of nitrogens with zero attached hydrogens (tertiary/aromatic N) is 2. The summed E-state index contributed by atoms with van der Waals surface area (Å²) < 4.78 is 6.95. The van der Waals surface area contributed by atoms with Crippen LogP contribution in [0.25, 0.3) is 10.9 Å². The van der Waals surface area contributed by atoms with Crippen molar-refractivity contribution in [3.63, 3.8) is 0 Å². The molecule has 3 aromatic rings. The van der Waals surface area contributed by atoms with Crippen molar-refractivity contribution in [2.24, 2.45) is 0 Å². The van der Waals surface area contributed by atoms with Gasteiger partial charge in [0.1, 0.15) is 0 Å². The smallest absolute Gasteiger partial charge is 0.0991 e. The van der Waals surface area contributed by atoms with Crippen molar-refractivity contribution < 1.29 is 0 Å². The Kier molecular flexibility index (Phi) is 6.31. The second-order valence-electron chi connectivity index (χ2n) is 7.03. The highest BCUT2D eigenvalue weighted by Crippen LogP contribution is 2.29. The van der Waals surface area contributed by atoms with Crippen LogP contribution >= 0.6 is 27.9 Å². The van der Waals surface area contributed by atoms with Gasteiger partial charge < -0.3 is 4.57 Å². The molecular formula is C22H24BrN3S. The van der Waals surface area contributed by atoms with Crippen LogP contribution in [0.2, 0.25) is 0 Å². The number of nitrogens with one attached hydrogen (secondary N) is 1. The number of hydrogen-bond donors (Lipinski definition) is 1. The summed E-state index contributed by atoms with van der Waals surface area (Å²) in [7, 11) is 0. The van der Waals surface area contributed by atoms with Gasteiger partial charge >= 0.3 is 0 Å². The minimum atomic E-state index is 0.341. The minimum absolute atomic E-state index is 0.341. The number of aryl methyl sites for hydroxylation is 3. The molecule has 0 fully saturated rings. The van der Waals surface area contributed by atoms with E-state index in [2.05, 4.69) is 77.3 Å². The van der Waals surface area contributed by atoms with Crippen molar-refractivity contribution in [2.45, 2.75) is 51.6 Å². The Morgan fingerprint density at radius 3 is 2.52 bits per heavy atom. The Labute approximate surface area is 174 Å². The molecule has 0 amide bonds. The molecule has 3 rings (SSSR count). The summed E-state index contributed by atoms with van der Waals surface area (Å²) in [6.07, 6.45) is 3.15. The normalized spacial score (nSPS) is 12.3. The second-order valence-corrected chi connectivity index (χ2v) is 8.73. The molecule has 0 saturated heterocycles. The molecule has 1 heterocycles. The molecule has 0 spiro atoms. The molecule has 140 valence electrons. The van der Waals surface area contributed by atoms with E-state index < -0.39 is 0 Å². The number of hydrogen-bond acceptors (Lipinski definition) is 3. The van der Waals surface area contributed by atoms with Crippen LogP contribution in [0.1, 0.15) is 35.6 Å². The third-order valence-corrected chi connectivity index (χ3v) is 6.73. The summed E-state index contributed by atoms with van der Waals surface area (Å²) >= 11 is 5.37. The van der Waals surface area contributed by atoms with Gasteiger partial charge in [-0.05, 0) is 84.4 Å². The highest BCUT2D eigenvalue weighted by molar-refractivity contribution is 9.10. The van der Waals surface area contributed by atoms with E-state index >= 15 is 0 Å². The van der Waals surface area contributed by atoms with E-state index in [9.17, 15) is 0 Å². The van der Waals surface area contributed by atoms with Crippen molar-refractivity contribution in [2.75, 3.05) is 0 Å². The number of rotatable bonds is 6. The van der Waals surface area contributed by atoms with Gasteiger partial charge in [0, 0.05) is 39.1 Å². The van der Waals surface area contributed by atoms with Gasteiger partial charge in [-0.1, -0.05) is 24.6 Å². The maximum absolute atomic E-state index is 9.13. The lowest BCUT2D eigenvalue weighted by Gasteiger charge is -2.19. The molecule has 0 aliphatic carbocycles. The zero-order valence-electron chi connectivity index (χ0n) is 16.1. The lowest BCUT2D eigenvalue weighted by molar-refractivity contribution is 0.522. The molecule has 0 aliphatic rings. The topological polar surface area (TPSA) is 40.8 Å². The molecule has 2 aromatic carbocycles. The Morgan fingerprint density at radius 2 is 1.89 bits per heavy atom. The number of fused-ring (bicyclic) bond motifs is 1. The molecule has 0 bridgehead atoms. The van der Waals surface area contributed by atoms with E-state index in [1.807, 2.05) is 18.2 Å². The van der Waals surface area contributed by atoms with Crippen LogP contribution < -0.4 is 4.72 Å². The largest absolute Gasteiger partial charge is 0.345 e. The fourth-order valence-corrected chi connectivity index (χ4v) is 4.96. The zero-order chi connectivity index (χ0) is 19.6. The van der Waals surface area contributed by atoms with Gasteiger partial charge in [-0.2, -0.15) is 5.26 Å². The molecule has 0 radical (unpaired) electrons. The maximum Gasteiger partial charge on any atom is 0.0991 e. The highest BCUT2D eigenvalue weighted by atomic mass is 79.9. The summed E-state index contributed by atoms with van der Waals surface area (Å²) in [5, 5.41) is 10.2. The Morgan fingerprint density at radius 1 is 1.19 bits per heavy atom. The molecule has 27 heavy (non-hydrogen) atoms. The first-order chi connectivity index (χ1) is 12.9. The molecule has 1 N–H and O–H groups in total. The number of benzene rings is 2. The fourth-order valence-electron chi connectivity index (χ4n) is 3.43. The lowest BCUT2D eigenvalue weighted by Crippen LogP contribution is -2.27. The zero-order valence-corrected chi connectivity index (χ0v) is 18.5. The van der Waals surface area contributed by atoms with E-state index in [0.717, 1.165) is 28.3 Å². The summed E-state index contributed by atoms with van der Waals surface area (Å²) in [5.41, 5.74) is 5.78. The molecule has 3 nitrogen and oxygen atoms in total. The van der Waals surface area contributed by atoms with Crippen molar-refractivity contribution in [1.29, 1.82) is 5.26 Å². The fraction of sp³-hybridized carbons (Fsp3) is 0.318. The maximum atomic E-state index is 9.13. The van der Waals surface area contributed by atoms with Gasteiger partial charge in [-0.3, -0.25) is 4.72 Å². The average Bonchev–Trinajstić information content (AvgIpc) is 2.94. The molecule has 0 unspecified atom stereocenters. The van der Waals surface area contributed by atoms with Crippen molar-refractivity contribution in [3.05, 3.63) is 63.3 Å². The molecule has 1 atom stereocenters. The van der Waals surface area contributed by atoms with Crippen LogP contribution in [0.15, 0.2) is 45.9 Å². The van der Waals surface area contributed by atoms with Gasteiger partial charge in [0.15, 0.2) is 0 Å². The van der Waals surface area contributed by atoms with E-state index in [1.54, 1.807) is 11.9 Å². The van der Waals surface area contributed by atoms with E-state index in [4.69, 9.17) is 5.26 Å². The van der Waals surface area contributed by atoms with Gasteiger partial charge in [-0.15, -0.1) is 0 Å². The first-order valence-corrected chi connectivity index (χ1v) is 10.7. The van der Waals surface area contributed by atoms with Crippen molar-refractivity contribution in [3.8, 4) is 6.07 Å². The van der Waals surface area contributed by atoms with Crippen LogP contribution in [-0.4, -0.2) is 10.6 Å². The second kappa shape index (κ2) is 8.52. The Balaban J connectivity index is 1.78. The van der Waals surface area contributed by atoms with Crippen LogP contribution in [-0.2, 0) is 6.54 Å². The van der Waals surface area contributed by atoms with Crippen LogP contribution in [0, 0.1) is 32.1 Å². The SMILES string of the molecule is CC[C@@H](Cn1cc(Br)c2cc(C#N)ccc21)NSc1c(C)cc(C)cc1C. The van der Waals surface area contributed by atoms with Gasteiger partial charge in [0.2, 0.25) is 0 Å². The monoisotopic (exact) mass is 441 g/mol. The summed E-state index contributed by atoms with van der Waals surface area (Å²) in [6, 6.07) is 12.9. The predicted octanol–water partition coefficient (Wildman–Crippen LogP) is 6.28. The van der Waals surface area contributed by atoms with Crippen LogP contribution in [0.5, 0.6) is 0 Å². The Bertz CT molecular complexity index is 993. The third-order valence-electron chi connectivity index (χ3n) is 4.80. The molecular weight excluding hydrogens is 418 g/mol. The summed E-state index contributed by atoms with van der Waals surface area (Å²) in [5.74, 6) is 0. The minimum Gasteiger partial charge on any atom is -0.345 e. The van der Waals surface area contributed by atoms with Crippen LogP contribution in [0.3, 0.4) is 0 Å². The first kappa shape index (κ1) is 20.0. The summed E-state index contributed by atoms with van der Waals surface area (Å²) in [4.78, 5) is 1.32. The van der Waals surface area contributed by atoms with Gasteiger partial charge in [0.25, 0.3) is 0 Å². The van der Waals surface area contributed by atoms with E-state index in [1.165, 1.54) is 21.6 Å². The van der Waals surface area contributed by atoms with E-state index in [0.29, 0.717) is 11.6 Å². The quantitative estimate of drug-likeness (QED) is 0.457. The Hall–Kier alpha value is -1.74. The van der Waals surface area contributed by atoms with Gasteiger partial charge in [-0.25, -0.2) is 0 Å². The van der Waals surface area contributed by atoms with Gasteiger partial charge in [0.05, 0.1) is 11.6 Å². The third kappa shape index (κ3) is 4.40. The molecule has 1 aromatic heterocycles. The highest BCUT2D eigenvalue weighted by Gasteiger charge is 2.14. The number of nitriles is 1. The van der Waals surface area contributed by atoms with Crippen molar-refractivity contribution >= 4 is 38.8 Å². The predicted molar refractivity (Wildman–Crippen MR) is 118 cm³/mol. The van der Waals surface area contributed by atoms with Crippen LogP contribution in [0.4, 0.5) is 0 Å². The first-order valence-electron chi connectivity index (χ1n) is 9.11. The lowest BCUT2D eigenvalue weighted by atomic mass is 10.1. The standard InChI is InChI=1S/C22H24BrN3S/c1-5-18(25-27-22-15(3)8-14(2)9-16(22)4)12-26-13-20(23)19-10-17(11-24)6-7-21(19)26/h6-10,13,18,25H,5,12H2,1-4H3/t18-/m0/s1.